The molecule has 6 heteroatoms. The van der Waals surface area contributed by atoms with Crippen LogP contribution in [0, 0.1) is 0 Å². The second-order valence-corrected chi connectivity index (χ2v) is 6.42. The molecule has 0 aliphatic heterocycles. The maximum Gasteiger partial charge on any atom is 0.175 e. The van der Waals surface area contributed by atoms with Gasteiger partial charge >= 0.3 is 0 Å². The van der Waals surface area contributed by atoms with Crippen LogP contribution >= 0.6 is 0 Å². The molecule has 0 atom stereocenters. The topological polar surface area (TPSA) is 68.3 Å². The highest BCUT2D eigenvalue weighted by Gasteiger charge is 2.08. The highest BCUT2D eigenvalue weighted by Crippen LogP contribution is 2.24. The smallest absolute Gasteiger partial charge is 0.175 e. The van der Waals surface area contributed by atoms with Crippen molar-refractivity contribution in [1.29, 1.82) is 0 Å². The molecule has 1 heterocycles. The van der Waals surface area contributed by atoms with Crippen LogP contribution < -0.4 is 10.1 Å². The summed E-state index contributed by atoms with van der Waals surface area (Å²) in [6, 6.07) is 8.25. The average molecular weight is 292 g/mol. The summed E-state index contributed by atoms with van der Waals surface area (Å²) in [7, 11) is -1.39. The molecule has 1 aromatic carbocycles. The van der Waals surface area contributed by atoms with E-state index in [0.717, 1.165) is 5.56 Å². The van der Waals surface area contributed by atoms with Gasteiger partial charge in [0.25, 0.3) is 0 Å². The van der Waals surface area contributed by atoms with Gasteiger partial charge < -0.3 is 10.1 Å². The van der Waals surface area contributed by atoms with E-state index in [4.69, 9.17) is 4.74 Å². The molecule has 5 nitrogen and oxygen atoms in total. The second-order valence-electron chi connectivity index (χ2n) is 4.41. The Morgan fingerprint density at radius 2 is 2.00 bits per heavy atom. The van der Waals surface area contributed by atoms with Crippen LogP contribution in [0.2, 0.25) is 0 Å². The average Bonchev–Trinajstić information content (AvgIpc) is 2.39. The monoisotopic (exact) mass is 292 g/mol. The quantitative estimate of drug-likeness (QED) is 0.913. The standard InChI is InChI=1S/C14H16N2O3S/c1-15-8-11-6-13(10-16-9-11)19-12-4-3-5-14(7-12)20(2,17)18/h3-7,9-10,15H,8H2,1-2H3. The number of hydrogen-bond acceptors (Lipinski definition) is 5. The van der Waals surface area contributed by atoms with Crippen LogP contribution in [0.15, 0.2) is 47.6 Å². The SMILES string of the molecule is CNCc1cncc(Oc2cccc(S(C)(=O)=O)c2)c1. The summed E-state index contributed by atoms with van der Waals surface area (Å²) in [6.07, 6.45) is 4.50. The van der Waals surface area contributed by atoms with Crippen molar-refractivity contribution in [2.24, 2.45) is 0 Å². The predicted octanol–water partition coefficient (Wildman–Crippen LogP) is 2.00. The normalized spacial score (nSPS) is 11.3. The summed E-state index contributed by atoms with van der Waals surface area (Å²) in [5.74, 6) is 1.04. The fraction of sp³-hybridized carbons (Fsp3) is 0.214. The van der Waals surface area contributed by atoms with Crippen LogP contribution in [0.4, 0.5) is 0 Å². The molecule has 0 unspecified atom stereocenters. The van der Waals surface area contributed by atoms with Crippen molar-refractivity contribution in [3.05, 3.63) is 48.3 Å². The van der Waals surface area contributed by atoms with Gasteiger partial charge in [0.05, 0.1) is 11.1 Å². The van der Waals surface area contributed by atoms with Crippen LogP contribution in [-0.4, -0.2) is 26.7 Å². The predicted molar refractivity (Wildman–Crippen MR) is 76.6 cm³/mol. The first-order valence-corrected chi connectivity index (χ1v) is 7.94. The molecule has 0 aliphatic carbocycles. The first-order valence-electron chi connectivity index (χ1n) is 6.05. The molecule has 0 aliphatic rings. The third-order valence-electron chi connectivity index (χ3n) is 2.62. The van der Waals surface area contributed by atoms with E-state index >= 15 is 0 Å². The van der Waals surface area contributed by atoms with Gasteiger partial charge in [0.2, 0.25) is 0 Å². The molecule has 106 valence electrons. The summed E-state index contributed by atoms with van der Waals surface area (Å²) in [6.45, 7) is 0.688. The maximum atomic E-state index is 11.5. The lowest BCUT2D eigenvalue weighted by molar-refractivity contribution is 0.477. The summed E-state index contributed by atoms with van der Waals surface area (Å²) in [5, 5.41) is 3.03. The van der Waals surface area contributed by atoms with E-state index in [9.17, 15) is 8.42 Å². The summed E-state index contributed by atoms with van der Waals surface area (Å²) in [5.41, 5.74) is 0.990. The lowest BCUT2D eigenvalue weighted by atomic mass is 10.3. The molecule has 0 saturated heterocycles. The van der Waals surface area contributed by atoms with Crippen LogP contribution in [0.3, 0.4) is 0 Å². The number of nitrogens with one attached hydrogen (secondary N) is 1. The molecule has 0 spiro atoms. The Balaban J connectivity index is 2.24. The minimum Gasteiger partial charge on any atom is -0.456 e. The highest BCUT2D eigenvalue weighted by atomic mass is 32.2. The Kier molecular flexibility index (Phi) is 4.36. The van der Waals surface area contributed by atoms with Gasteiger partial charge in [-0.2, -0.15) is 0 Å². The van der Waals surface area contributed by atoms with Crippen LogP contribution in [-0.2, 0) is 16.4 Å². The first-order chi connectivity index (χ1) is 9.49. The molecular weight excluding hydrogens is 276 g/mol. The molecule has 0 bridgehead atoms. The van der Waals surface area contributed by atoms with Crippen molar-refractivity contribution in [1.82, 2.24) is 10.3 Å². The van der Waals surface area contributed by atoms with Crippen LogP contribution in [0.5, 0.6) is 11.5 Å². The number of nitrogens with zero attached hydrogens (tertiary/aromatic N) is 1. The lowest BCUT2D eigenvalue weighted by Gasteiger charge is -2.08. The fourth-order valence-corrected chi connectivity index (χ4v) is 2.38. The summed E-state index contributed by atoms with van der Waals surface area (Å²) in [4.78, 5) is 4.32. The Morgan fingerprint density at radius 1 is 1.20 bits per heavy atom. The van der Waals surface area contributed by atoms with E-state index in [1.54, 1.807) is 24.5 Å². The van der Waals surface area contributed by atoms with Crippen LogP contribution in [0.1, 0.15) is 5.56 Å². The van der Waals surface area contributed by atoms with Gasteiger partial charge in [-0.1, -0.05) is 6.07 Å². The van der Waals surface area contributed by atoms with E-state index in [0.29, 0.717) is 18.0 Å². The number of pyridine rings is 1. The number of ether oxygens (including phenoxy) is 1. The number of rotatable bonds is 5. The van der Waals surface area contributed by atoms with E-state index < -0.39 is 9.84 Å². The highest BCUT2D eigenvalue weighted by molar-refractivity contribution is 7.90. The fourth-order valence-electron chi connectivity index (χ4n) is 1.72. The third kappa shape index (κ3) is 3.79. The molecular formula is C14H16N2O3S. The first kappa shape index (κ1) is 14.5. The Bertz CT molecular complexity index is 699. The number of benzene rings is 1. The molecule has 20 heavy (non-hydrogen) atoms. The second kappa shape index (κ2) is 6.02. The largest absolute Gasteiger partial charge is 0.456 e. The molecule has 0 saturated carbocycles. The molecule has 0 amide bonds. The molecule has 0 radical (unpaired) electrons. The van der Waals surface area contributed by atoms with Crippen LogP contribution in [0.25, 0.3) is 0 Å². The van der Waals surface area contributed by atoms with Crippen molar-refractivity contribution < 1.29 is 13.2 Å². The van der Waals surface area contributed by atoms with Crippen molar-refractivity contribution in [2.45, 2.75) is 11.4 Å². The van der Waals surface area contributed by atoms with Crippen molar-refractivity contribution in [3.8, 4) is 11.5 Å². The zero-order valence-corrected chi connectivity index (χ0v) is 12.1. The van der Waals surface area contributed by atoms with Gasteiger partial charge in [0.15, 0.2) is 9.84 Å². The van der Waals surface area contributed by atoms with Gasteiger partial charge in [-0.3, -0.25) is 4.98 Å². The van der Waals surface area contributed by atoms with Gasteiger partial charge in [0.1, 0.15) is 11.5 Å². The molecule has 1 aromatic heterocycles. The Hall–Kier alpha value is -1.92. The van der Waals surface area contributed by atoms with Gasteiger partial charge in [-0.15, -0.1) is 0 Å². The summed E-state index contributed by atoms with van der Waals surface area (Å²) >= 11 is 0. The van der Waals surface area contributed by atoms with E-state index in [1.165, 1.54) is 18.4 Å². The summed E-state index contributed by atoms with van der Waals surface area (Å²) < 4.78 is 28.6. The third-order valence-corrected chi connectivity index (χ3v) is 3.73. The Labute approximate surface area is 118 Å². The minimum absolute atomic E-state index is 0.231. The van der Waals surface area contributed by atoms with Gasteiger partial charge in [-0.25, -0.2) is 8.42 Å². The van der Waals surface area contributed by atoms with Crippen molar-refractivity contribution >= 4 is 9.84 Å². The van der Waals surface area contributed by atoms with Crippen molar-refractivity contribution in [2.75, 3.05) is 13.3 Å². The number of hydrogen-bond donors (Lipinski definition) is 1. The van der Waals surface area contributed by atoms with Gasteiger partial charge in [0, 0.05) is 19.0 Å². The number of aromatic nitrogens is 1. The zero-order valence-electron chi connectivity index (χ0n) is 11.3. The van der Waals surface area contributed by atoms with Gasteiger partial charge in [-0.05, 0) is 36.9 Å². The minimum atomic E-state index is -3.24. The van der Waals surface area contributed by atoms with Crippen molar-refractivity contribution in [3.63, 3.8) is 0 Å². The maximum absolute atomic E-state index is 11.5. The zero-order chi connectivity index (χ0) is 14.6. The molecule has 2 aromatic rings. The number of sulfone groups is 1. The van der Waals surface area contributed by atoms with E-state index in [2.05, 4.69) is 10.3 Å². The Morgan fingerprint density at radius 3 is 2.70 bits per heavy atom. The lowest BCUT2D eigenvalue weighted by Crippen LogP contribution is -2.05. The molecule has 2 rings (SSSR count). The molecule has 0 fully saturated rings. The van der Waals surface area contributed by atoms with E-state index in [1.807, 2.05) is 13.1 Å². The molecule has 1 N–H and O–H groups in total. The van der Waals surface area contributed by atoms with E-state index in [-0.39, 0.29) is 4.90 Å².